The van der Waals surface area contributed by atoms with Crippen molar-refractivity contribution in [3.05, 3.63) is 47.0 Å². The highest BCUT2D eigenvalue weighted by Gasteiger charge is 2.63. The Labute approximate surface area is 223 Å². The quantitative estimate of drug-likeness (QED) is 0.444. The molecular weight excluding hydrogens is 488 g/mol. The van der Waals surface area contributed by atoms with Crippen molar-refractivity contribution in [1.82, 2.24) is 0 Å². The summed E-state index contributed by atoms with van der Waals surface area (Å²) in [6.45, 7) is 7.20. The molecule has 3 aliphatic carbocycles. The maximum absolute atomic E-state index is 14.1. The van der Waals surface area contributed by atoms with Gasteiger partial charge in [-0.05, 0) is 42.4 Å². The fourth-order valence-electron chi connectivity index (χ4n) is 7.33. The van der Waals surface area contributed by atoms with Crippen molar-refractivity contribution in [3.63, 3.8) is 0 Å². The molecule has 38 heavy (non-hydrogen) atoms. The highest BCUT2D eigenvalue weighted by atomic mass is 16.6. The molecule has 206 valence electrons. The van der Waals surface area contributed by atoms with Crippen LogP contribution >= 0.6 is 0 Å². The van der Waals surface area contributed by atoms with Gasteiger partial charge in [0.1, 0.15) is 6.10 Å². The Morgan fingerprint density at radius 2 is 1.82 bits per heavy atom. The van der Waals surface area contributed by atoms with Crippen LogP contribution in [0.3, 0.4) is 0 Å². The van der Waals surface area contributed by atoms with Gasteiger partial charge in [-0.1, -0.05) is 44.2 Å². The molecule has 2 saturated carbocycles. The van der Waals surface area contributed by atoms with Crippen molar-refractivity contribution in [3.8, 4) is 0 Å². The summed E-state index contributed by atoms with van der Waals surface area (Å²) in [5.41, 5.74) is -0.225. The number of carbonyl (C=O) groups excluding carboxylic acids is 3. The SMILES string of the molecule is CC(=O)OC1C(=O)C2C(O)CC3OCC3C2CC2(O)CC(OC(=O)CCc3ccccc3)C(C)=C1C2(C)C. The fraction of sp³-hybridized carbons (Fsp3) is 0.633. The maximum Gasteiger partial charge on any atom is 0.306 e. The van der Waals surface area contributed by atoms with Gasteiger partial charge in [0, 0.05) is 37.5 Å². The molecule has 0 amide bonds. The summed E-state index contributed by atoms with van der Waals surface area (Å²) in [4.78, 5) is 39.3. The third kappa shape index (κ3) is 4.50. The number of aliphatic hydroxyl groups is 2. The molecule has 0 spiro atoms. The van der Waals surface area contributed by atoms with Gasteiger partial charge in [0.05, 0.1) is 30.3 Å². The van der Waals surface area contributed by atoms with Gasteiger partial charge in [-0.2, -0.15) is 0 Å². The topological polar surface area (TPSA) is 119 Å². The highest BCUT2D eigenvalue weighted by molar-refractivity contribution is 5.92. The second-order valence-electron chi connectivity index (χ2n) is 12.0. The minimum Gasteiger partial charge on any atom is -0.458 e. The first-order valence-electron chi connectivity index (χ1n) is 13.6. The summed E-state index contributed by atoms with van der Waals surface area (Å²) in [6.07, 6.45) is -1.71. The molecule has 3 fully saturated rings. The number of aryl methyl sites for hydroxylation is 1. The third-order valence-corrected chi connectivity index (χ3v) is 9.59. The van der Waals surface area contributed by atoms with E-state index in [9.17, 15) is 24.6 Å². The molecule has 1 saturated heterocycles. The van der Waals surface area contributed by atoms with E-state index < -0.39 is 47.2 Å². The van der Waals surface area contributed by atoms with Crippen molar-refractivity contribution in [2.45, 2.75) is 89.8 Å². The minimum absolute atomic E-state index is 0.0191. The molecule has 4 aliphatic rings. The third-order valence-electron chi connectivity index (χ3n) is 9.59. The normalized spacial score (nSPS) is 37.6. The van der Waals surface area contributed by atoms with Crippen LogP contribution in [-0.2, 0) is 35.0 Å². The van der Waals surface area contributed by atoms with Gasteiger partial charge >= 0.3 is 11.9 Å². The van der Waals surface area contributed by atoms with Crippen molar-refractivity contribution < 1.29 is 38.8 Å². The Morgan fingerprint density at radius 3 is 2.45 bits per heavy atom. The molecule has 1 aliphatic heterocycles. The number of carbonyl (C=O) groups is 3. The Kier molecular flexibility index (Phi) is 7.03. The average molecular weight is 527 g/mol. The van der Waals surface area contributed by atoms with Crippen LogP contribution in [0.2, 0.25) is 0 Å². The molecule has 2 N–H and O–H groups in total. The number of hydrogen-bond donors (Lipinski definition) is 2. The Hall–Kier alpha value is -2.55. The fourth-order valence-corrected chi connectivity index (χ4v) is 7.33. The first kappa shape index (κ1) is 27.0. The molecule has 0 radical (unpaired) electrons. The van der Waals surface area contributed by atoms with Gasteiger partial charge in [0.15, 0.2) is 11.9 Å². The predicted molar refractivity (Wildman–Crippen MR) is 137 cm³/mol. The predicted octanol–water partition coefficient (Wildman–Crippen LogP) is 2.93. The van der Waals surface area contributed by atoms with E-state index in [1.807, 2.05) is 44.2 Å². The molecule has 1 heterocycles. The standard InChI is InChI=1S/C30H38O8/c1-16-23(38-24(33)11-10-18-8-6-5-7-9-18)14-30(35)13-19-20-15-36-22(20)12-21(32)25(19)27(34)28(37-17(2)31)26(16)29(30,3)4/h5-9,19-23,25,28,32,35H,10-15H2,1-4H3. The molecule has 1 aromatic rings. The van der Waals surface area contributed by atoms with Crippen molar-refractivity contribution >= 4 is 17.7 Å². The summed E-state index contributed by atoms with van der Waals surface area (Å²) >= 11 is 0. The van der Waals surface area contributed by atoms with Gasteiger partial charge in [-0.3, -0.25) is 14.4 Å². The van der Waals surface area contributed by atoms with Crippen LogP contribution in [-0.4, -0.2) is 64.6 Å². The van der Waals surface area contributed by atoms with Crippen LogP contribution < -0.4 is 0 Å². The van der Waals surface area contributed by atoms with Gasteiger partial charge < -0.3 is 24.4 Å². The number of rotatable bonds is 5. The van der Waals surface area contributed by atoms with Crippen molar-refractivity contribution in [1.29, 1.82) is 0 Å². The van der Waals surface area contributed by atoms with Crippen LogP contribution in [0.1, 0.15) is 58.9 Å². The first-order chi connectivity index (χ1) is 17.9. The summed E-state index contributed by atoms with van der Waals surface area (Å²) < 4.78 is 17.3. The summed E-state index contributed by atoms with van der Waals surface area (Å²) in [7, 11) is 0. The summed E-state index contributed by atoms with van der Waals surface area (Å²) in [5.74, 6) is -2.49. The van der Waals surface area contributed by atoms with Crippen molar-refractivity contribution in [2.75, 3.05) is 6.61 Å². The molecular formula is C30H38O8. The van der Waals surface area contributed by atoms with Gasteiger partial charge in [-0.15, -0.1) is 0 Å². The van der Waals surface area contributed by atoms with E-state index in [0.29, 0.717) is 30.6 Å². The number of aliphatic hydroxyl groups excluding tert-OH is 1. The number of esters is 2. The van der Waals surface area contributed by atoms with E-state index in [2.05, 4.69) is 0 Å². The number of ketones is 1. The second kappa shape index (κ2) is 9.88. The number of ether oxygens (including phenoxy) is 3. The Morgan fingerprint density at radius 1 is 1.11 bits per heavy atom. The number of fused-ring (bicyclic) bond motifs is 5. The molecule has 5 rings (SSSR count). The molecule has 8 heteroatoms. The van der Waals surface area contributed by atoms with Crippen LogP contribution in [0.5, 0.6) is 0 Å². The lowest BCUT2D eigenvalue weighted by molar-refractivity contribution is -0.223. The largest absolute Gasteiger partial charge is 0.458 e. The van der Waals surface area contributed by atoms with E-state index in [-0.39, 0.29) is 43.0 Å². The van der Waals surface area contributed by atoms with Crippen LogP contribution in [0.4, 0.5) is 0 Å². The molecule has 8 unspecified atom stereocenters. The smallest absolute Gasteiger partial charge is 0.306 e. The summed E-state index contributed by atoms with van der Waals surface area (Å²) in [6, 6.07) is 9.65. The van der Waals surface area contributed by atoms with Gasteiger partial charge in [0.25, 0.3) is 0 Å². The zero-order valence-corrected chi connectivity index (χ0v) is 22.5. The molecule has 8 nitrogen and oxygen atoms in total. The summed E-state index contributed by atoms with van der Waals surface area (Å²) in [5, 5.41) is 23.4. The zero-order chi connectivity index (χ0) is 27.4. The number of Topliss-reactive ketones (excluding diaryl/α,β-unsaturated/α-hetero) is 1. The monoisotopic (exact) mass is 526 g/mol. The maximum atomic E-state index is 14.1. The van der Waals surface area contributed by atoms with Crippen LogP contribution in [0, 0.1) is 23.2 Å². The molecule has 2 bridgehead atoms. The Balaban J connectivity index is 1.51. The lowest BCUT2D eigenvalue weighted by Gasteiger charge is -2.59. The highest BCUT2D eigenvalue weighted by Crippen LogP contribution is 2.58. The van der Waals surface area contributed by atoms with E-state index >= 15 is 0 Å². The van der Waals surface area contributed by atoms with Crippen LogP contribution in [0.15, 0.2) is 41.5 Å². The second-order valence-corrected chi connectivity index (χ2v) is 12.0. The lowest BCUT2D eigenvalue weighted by Crippen LogP contribution is -2.65. The average Bonchev–Trinajstić information content (AvgIpc) is 2.82. The van der Waals surface area contributed by atoms with E-state index in [1.165, 1.54) is 6.92 Å². The molecule has 0 aromatic heterocycles. The number of benzene rings is 1. The van der Waals surface area contributed by atoms with E-state index in [0.717, 1.165) is 5.56 Å². The minimum atomic E-state index is -1.37. The first-order valence-corrected chi connectivity index (χ1v) is 13.6. The van der Waals surface area contributed by atoms with E-state index in [4.69, 9.17) is 14.2 Å². The molecule has 8 atom stereocenters. The van der Waals surface area contributed by atoms with Crippen LogP contribution in [0.25, 0.3) is 0 Å². The van der Waals surface area contributed by atoms with Crippen molar-refractivity contribution in [2.24, 2.45) is 23.2 Å². The Bertz CT molecular complexity index is 1140. The van der Waals surface area contributed by atoms with E-state index in [1.54, 1.807) is 6.92 Å². The number of hydrogen-bond acceptors (Lipinski definition) is 8. The van der Waals surface area contributed by atoms with Gasteiger partial charge in [-0.25, -0.2) is 0 Å². The molecule has 1 aromatic carbocycles. The van der Waals surface area contributed by atoms with Gasteiger partial charge in [0.2, 0.25) is 0 Å². The lowest BCUT2D eigenvalue weighted by atomic mass is 9.51. The zero-order valence-electron chi connectivity index (χ0n) is 22.5.